The van der Waals surface area contributed by atoms with E-state index in [2.05, 4.69) is 20.9 Å². The normalized spacial score (nSPS) is 10.7. The van der Waals surface area contributed by atoms with E-state index >= 15 is 0 Å². The van der Waals surface area contributed by atoms with Crippen molar-refractivity contribution in [1.29, 1.82) is 0 Å². The third kappa shape index (κ3) is 1.54. The van der Waals surface area contributed by atoms with Crippen LogP contribution in [0.5, 0.6) is 5.75 Å². The molecule has 0 N–H and O–H groups in total. The number of hydrogen-bond donors (Lipinski definition) is 0. The van der Waals surface area contributed by atoms with Crippen LogP contribution in [0.4, 0.5) is 0 Å². The molecule has 0 spiro atoms. The van der Waals surface area contributed by atoms with Gasteiger partial charge in [-0.3, -0.25) is 0 Å². The second-order valence-electron chi connectivity index (χ2n) is 2.39. The van der Waals surface area contributed by atoms with E-state index in [4.69, 9.17) is 16.3 Å². The summed E-state index contributed by atoms with van der Waals surface area (Å²) < 4.78 is 7.63. The minimum Gasteiger partial charge on any atom is -0.495 e. The molecule has 0 fully saturated rings. The highest BCUT2D eigenvalue weighted by Crippen LogP contribution is 2.37. The molecule has 1 aromatic heterocycles. The maximum absolute atomic E-state index is 5.82. The summed E-state index contributed by atoms with van der Waals surface area (Å²) in [4.78, 5) is 4.18. The second-order valence-corrected chi connectivity index (χ2v) is 4.83. The molecule has 2 nitrogen and oxygen atoms in total. The monoisotopic (exact) mass is 277 g/mol. The zero-order valence-electron chi connectivity index (χ0n) is 6.67. The predicted octanol–water partition coefficient (Wildman–Crippen LogP) is 3.72. The van der Waals surface area contributed by atoms with Gasteiger partial charge in [0.25, 0.3) is 0 Å². The first-order chi connectivity index (χ1) is 6.22. The van der Waals surface area contributed by atoms with Crippen LogP contribution in [0.3, 0.4) is 0 Å². The predicted molar refractivity (Wildman–Crippen MR) is 58.9 cm³/mol. The zero-order chi connectivity index (χ0) is 9.42. The van der Waals surface area contributed by atoms with Gasteiger partial charge in [-0.1, -0.05) is 22.9 Å². The van der Waals surface area contributed by atoms with Crippen LogP contribution in [0.25, 0.3) is 10.2 Å². The fourth-order valence-corrected chi connectivity index (χ4v) is 2.76. The lowest BCUT2D eigenvalue weighted by Crippen LogP contribution is -1.82. The Morgan fingerprint density at radius 2 is 2.31 bits per heavy atom. The van der Waals surface area contributed by atoms with Crippen molar-refractivity contribution in [2.45, 2.75) is 0 Å². The number of halogens is 2. The number of methoxy groups -OCH3 is 1. The topological polar surface area (TPSA) is 22.1 Å². The highest BCUT2D eigenvalue weighted by Gasteiger charge is 2.09. The number of nitrogens with zero attached hydrogens (tertiary/aromatic N) is 1. The molecule has 0 radical (unpaired) electrons. The lowest BCUT2D eigenvalue weighted by atomic mass is 10.3. The van der Waals surface area contributed by atoms with E-state index in [0.29, 0.717) is 4.47 Å². The van der Waals surface area contributed by atoms with Crippen molar-refractivity contribution in [3.8, 4) is 5.75 Å². The van der Waals surface area contributed by atoms with Crippen LogP contribution >= 0.6 is 38.9 Å². The molecule has 0 atom stereocenters. The van der Waals surface area contributed by atoms with Gasteiger partial charge in [-0.25, -0.2) is 4.98 Å². The molecule has 0 aliphatic heterocycles. The quantitative estimate of drug-likeness (QED) is 0.793. The summed E-state index contributed by atoms with van der Waals surface area (Å²) in [6.45, 7) is 0. The van der Waals surface area contributed by atoms with Gasteiger partial charge >= 0.3 is 0 Å². The molecule has 0 aliphatic carbocycles. The number of fused-ring (bicyclic) bond motifs is 1. The second kappa shape index (κ2) is 3.44. The molecule has 0 saturated heterocycles. The number of ether oxygens (including phenoxy) is 1. The molecule has 1 heterocycles. The van der Waals surface area contributed by atoms with Gasteiger partial charge in [0.2, 0.25) is 0 Å². The Morgan fingerprint density at radius 3 is 3.00 bits per heavy atom. The van der Waals surface area contributed by atoms with Gasteiger partial charge in [0.05, 0.1) is 11.8 Å². The van der Waals surface area contributed by atoms with Crippen molar-refractivity contribution in [2.75, 3.05) is 7.11 Å². The van der Waals surface area contributed by atoms with Crippen LogP contribution in [0.2, 0.25) is 4.47 Å². The number of aromatic nitrogens is 1. The number of rotatable bonds is 1. The van der Waals surface area contributed by atoms with Gasteiger partial charge in [0.15, 0.2) is 4.47 Å². The van der Waals surface area contributed by atoms with Crippen LogP contribution in [-0.4, -0.2) is 12.1 Å². The molecule has 68 valence electrons. The Kier molecular flexibility index (Phi) is 2.45. The van der Waals surface area contributed by atoms with Gasteiger partial charge in [0, 0.05) is 4.47 Å². The third-order valence-corrected chi connectivity index (χ3v) is 3.47. The van der Waals surface area contributed by atoms with Gasteiger partial charge in [0.1, 0.15) is 11.3 Å². The Bertz CT molecular complexity index is 457. The largest absolute Gasteiger partial charge is 0.495 e. The molecular weight excluding hydrogens is 274 g/mol. The summed E-state index contributed by atoms with van der Waals surface area (Å²) in [6.07, 6.45) is 0. The summed E-state index contributed by atoms with van der Waals surface area (Å²) in [5, 5.41) is 0. The highest BCUT2D eigenvalue weighted by molar-refractivity contribution is 9.10. The lowest BCUT2D eigenvalue weighted by molar-refractivity contribution is 0.420. The molecule has 0 saturated carbocycles. The SMILES string of the molecule is COc1ccc(Br)c2nc(Cl)sc12. The van der Waals surface area contributed by atoms with Crippen molar-refractivity contribution in [1.82, 2.24) is 4.98 Å². The summed E-state index contributed by atoms with van der Waals surface area (Å²) in [5.74, 6) is 0.808. The standard InChI is InChI=1S/C8H5BrClNOS/c1-12-5-3-2-4(9)6-7(5)13-8(10)11-6/h2-3H,1H3. The summed E-state index contributed by atoms with van der Waals surface area (Å²) in [5.41, 5.74) is 0.856. The summed E-state index contributed by atoms with van der Waals surface area (Å²) >= 11 is 10.6. The van der Waals surface area contributed by atoms with E-state index in [1.54, 1.807) is 7.11 Å². The molecule has 0 aliphatic rings. The van der Waals surface area contributed by atoms with E-state index in [-0.39, 0.29) is 0 Å². The number of thiazole rings is 1. The van der Waals surface area contributed by atoms with Crippen LogP contribution in [-0.2, 0) is 0 Å². The Labute approximate surface area is 92.6 Å². The minimum atomic E-state index is 0.528. The van der Waals surface area contributed by atoms with E-state index in [9.17, 15) is 0 Å². The number of hydrogen-bond acceptors (Lipinski definition) is 3. The summed E-state index contributed by atoms with van der Waals surface area (Å²) in [6, 6.07) is 3.79. The first-order valence-corrected chi connectivity index (χ1v) is 5.49. The van der Waals surface area contributed by atoms with Crippen molar-refractivity contribution in [2.24, 2.45) is 0 Å². The fraction of sp³-hybridized carbons (Fsp3) is 0.125. The van der Waals surface area contributed by atoms with Crippen LogP contribution in [0, 0.1) is 0 Å². The zero-order valence-corrected chi connectivity index (χ0v) is 9.83. The minimum absolute atomic E-state index is 0.528. The first kappa shape index (κ1) is 9.24. The molecular formula is C8H5BrClNOS. The van der Waals surface area contributed by atoms with Gasteiger partial charge in [-0.05, 0) is 28.1 Å². The average Bonchev–Trinajstić information content (AvgIpc) is 2.48. The number of benzene rings is 1. The first-order valence-electron chi connectivity index (χ1n) is 3.51. The van der Waals surface area contributed by atoms with E-state index in [0.717, 1.165) is 20.4 Å². The van der Waals surface area contributed by atoms with Crippen molar-refractivity contribution in [3.05, 3.63) is 21.1 Å². The van der Waals surface area contributed by atoms with Crippen molar-refractivity contribution >= 4 is 49.1 Å². The van der Waals surface area contributed by atoms with Crippen LogP contribution in [0.15, 0.2) is 16.6 Å². The third-order valence-electron chi connectivity index (χ3n) is 1.65. The molecule has 1 aromatic carbocycles. The molecule has 0 amide bonds. The molecule has 13 heavy (non-hydrogen) atoms. The van der Waals surface area contributed by atoms with Crippen molar-refractivity contribution in [3.63, 3.8) is 0 Å². The maximum atomic E-state index is 5.82. The fourth-order valence-electron chi connectivity index (χ4n) is 1.09. The molecule has 2 rings (SSSR count). The molecule has 0 bridgehead atoms. The van der Waals surface area contributed by atoms with E-state index < -0.39 is 0 Å². The van der Waals surface area contributed by atoms with Crippen molar-refractivity contribution < 1.29 is 4.74 Å². The molecule has 0 unspecified atom stereocenters. The molecule has 2 aromatic rings. The average molecular weight is 279 g/mol. The van der Waals surface area contributed by atoms with Gasteiger partial charge in [-0.15, -0.1) is 0 Å². The lowest BCUT2D eigenvalue weighted by Gasteiger charge is -2.00. The van der Waals surface area contributed by atoms with E-state index in [1.807, 2.05) is 12.1 Å². The maximum Gasteiger partial charge on any atom is 0.184 e. The van der Waals surface area contributed by atoms with Crippen LogP contribution < -0.4 is 4.74 Å². The van der Waals surface area contributed by atoms with E-state index in [1.165, 1.54) is 11.3 Å². The van der Waals surface area contributed by atoms with Crippen LogP contribution in [0.1, 0.15) is 0 Å². The highest BCUT2D eigenvalue weighted by atomic mass is 79.9. The smallest absolute Gasteiger partial charge is 0.184 e. The van der Waals surface area contributed by atoms with Gasteiger partial charge in [-0.2, -0.15) is 0 Å². The Hall–Kier alpha value is -0.320. The Balaban J connectivity index is 2.83. The Morgan fingerprint density at radius 1 is 1.54 bits per heavy atom. The van der Waals surface area contributed by atoms with Gasteiger partial charge < -0.3 is 4.74 Å². The molecule has 5 heteroatoms. The summed E-state index contributed by atoms with van der Waals surface area (Å²) in [7, 11) is 1.64.